The van der Waals surface area contributed by atoms with Gasteiger partial charge in [-0.05, 0) is 25.7 Å². The fourth-order valence-electron chi connectivity index (χ4n) is 2.63. The Bertz CT molecular complexity index is 394. The van der Waals surface area contributed by atoms with Gasteiger partial charge in [0.2, 0.25) is 23.6 Å². The molecule has 0 saturated carbocycles. The Hall–Kier alpha value is -1.72. The van der Waals surface area contributed by atoms with Gasteiger partial charge in [0.25, 0.3) is 0 Å². The second kappa shape index (κ2) is 9.33. The number of hydrogen-bond acceptors (Lipinski definition) is 4. The number of carbonyl (C=O) groups excluding carboxylic acids is 4. The predicted molar refractivity (Wildman–Crippen MR) is 81.7 cm³/mol. The minimum absolute atomic E-state index is 0.00463. The molecule has 2 saturated heterocycles. The highest BCUT2D eigenvalue weighted by molar-refractivity contribution is 5.94. The molecule has 2 heterocycles. The van der Waals surface area contributed by atoms with E-state index in [0.29, 0.717) is 25.9 Å². The lowest BCUT2D eigenvalue weighted by molar-refractivity contribution is -0.144. The van der Waals surface area contributed by atoms with E-state index in [1.54, 1.807) is 0 Å². The number of imide groups is 2. The van der Waals surface area contributed by atoms with Crippen molar-refractivity contribution in [2.45, 2.75) is 65.2 Å². The normalized spacial score (nSPS) is 19.7. The van der Waals surface area contributed by atoms with Crippen molar-refractivity contribution in [2.24, 2.45) is 0 Å². The van der Waals surface area contributed by atoms with Crippen LogP contribution in [0.15, 0.2) is 0 Å². The van der Waals surface area contributed by atoms with Crippen LogP contribution in [0.4, 0.5) is 0 Å². The van der Waals surface area contributed by atoms with E-state index >= 15 is 0 Å². The van der Waals surface area contributed by atoms with E-state index in [1.807, 2.05) is 0 Å². The molecule has 22 heavy (non-hydrogen) atoms. The highest BCUT2D eigenvalue weighted by atomic mass is 16.2. The van der Waals surface area contributed by atoms with Crippen molar-refractivity contribution in [1.29, 1.82) is 0 Å². The van der Waals surface area contributed by atoms with Gasteiger partial charge in [0.1, 0.15) is 0 Å². The number of rotatable bonds is 0. The van der Waals surface area contributed by atoms with Crippen molar-refractivity contribution in [1.82, 2.24) is 9.80 Å². The average molecular weight is 310 g/mol. The zero-order valence-electron chi connectivity index (χ0n) is 13.6. The summed E-state index contributed by atoms with van der Waals surface area (Å²) in [6, 6.07) is 0. The maximum Gasteiger partial charge on any atom is 0.229 e. The van der Waals surface area contributed by atoms with Gasteiger partial charge < -0.3 is 0 Å². The van der Waals surface area contributed by atoms with Gasteiger partial charge in [-0.25, -0.2) is 0 Å². The molecule has 4 amide bonds. The Balaban J connectivity index is 0.000000220. The Morgan fingerprint density at radius 1 is 0.682 bits per heavy atom. The van der Waals surface area contributed by atoms with E-state index < -0.39 is 0 Å². The minimum Gasteiger partial charge on any atom is -0.283 e. The molecule has 2 rings (SSSR count). The summed E-state index contributed by atoms with van der Waals surface area (Å²) in [7, 11) is 0. The van der Waals surface area contributed by atoms with Crippen LogP contribution in [0.5, 0.6) is 0 Å². The maximum atomic E-state index is 11.2. The van der Waals surface area contributed by atoms with Crippen LogP contribution in [-0.4, -0.2) is 46.5 Å². The van der Waals surface area contributed by atoms with Gasteiger partial charge in [0.15, 0.2) is 0 Å². The molecule has 0 aliphatic carbocycles. The monoisotopic (exact) mass is 310 g/mol. The third-order valence-corrected chi connectivity index (χ3v) is 3.91. The molecule has 0 aromatic carbocycles. The Morgan fingerprint density at radius 2 is 1.05 bits per heavy atom. The Kier molecular flexibility index (Phi) is 7.77. The second-order valence-electron chi connectivity index (χ2n) is 5.75. The molecule has 0 atom stereocenters. The van der Waals surface area contributed by atoms with E-state index in [2.05, 4.69) is 0 Å². The molecular weight excluding hydrogens is 284 g/mol. The first-order chi connectivity index (χ1) is 10.4. The molecule has 0 aromatic rings. The zero-order chi connectivity index (χ0) is 16.5. The van der Waals surface area contributed by atoms with Crippen molar-refractivity contribution < 1.29 is 19.2 Å². The molecule has 0 radical (unpaired) electrons. The minimum atomic E-state index is -0.114. The highest BCUT2D eigenvalue weighted by Crippen LogP contribution is 2.11. The number of amides is 4. The molecule has 0 bridgehead atoms. The first-order valence-corrected chi connectivity index (χ1v) is 8.05. The standard InChI is InChI=1S/2C8H13NO2/c2*1-7(10)9-6-4-2-3-5-8(9)11/h2*2-6H2,1H3. The highest BCUT2D eigenvalue weighted by Gasteiger charge is 2.20. The fraction of sp³-hybridized carbons (Fsp3) is 0.750. The number of hydrogen-bond donors (Lipinski definition) is 0. The molecule has 2 aliphatic heterocycles. The van der Waals surface area contributed by atoms with E-state index in [1.165, 1.54) is 23.6 Å². The lowest BCUT2D eigenvalue weighted by Crippen LogP contribution is -2.34. The van der Waals surface area contributed by atoms with Gasteiger partial charge in [-0.3, -0.25) is 29.0 Å². The lowest BCUT2D eigenvalue weighted by atomic mass is 10.2. The van der Waals surface area contributed by atoms with E-state index in [4.69, 9.17) is 0 Å². The van der Waals surface area contributed by atoms with Crippen LogP contribution >= 0.6 is 0 Å². The lowest BCUT2D eigenvalue weighted by Gasteiger charge is -2.15. The first-order valence-electron chi connectivity index (χ1n) is 8.05. The van der Waals surface area contributed by atoms with Crippen LogP contribution in [0, 0.1) is 0 Å². The smallest absolute Gasteiger partial charge is 0.229 e. The van der Waals surface area contributed by atoms with Crippen molar-refractivity contribution in [3.05, 3.63) is 0 Å². The summed E-state index contributed by atoms with van der Waals surface area (Å²) >= 11 is 0. The van der Waals surface area contributed by atoms with Crippen molar-refractivity contribution in [2.75, 3.05) is 13.1 Å². The molecule has 124 valence electrons. The molecule has 0 N–H and O–H groups in total. The second-order valence-corrected chi connectivity index (χ2v) is 5.75. The van der Waals surface area contributed by atoms with Crippen molar-refractivity contribution in [3.63, 3.8) is 0 Å². The number of carbonyl (C=O) groups is 4. The van der Waals surface area contributed by atoms with Gasteiger partial charge in [0.05, 0.1) is 0 Å². The quantitative estimate of drug-likeness (QED) is 0.684. The largest absolute Gasteiger partial charge is 0.283 e. The van der Waals surface area contributed by atoms with Crippen LogP contribution in [0.25, 0.3) is 0 Å². The summed E-state index contributed by atoms with van der Waals surface area (Å²) in [6.07, 6.45) is 7.01. The van der Waals surface area contributed by atoms with Crippen LogP contribution in [0.3, 0.4) is 0 Å². The zero-order valence-corrected chi connectivity index (χ0v) is 13.6. The van der Waals surface area contributed by atoms with Crippen LogP contribution < -0.4 is 0 Å². The molecule has 6 heteroatoms. The molecule has 2 aliphatic rings. The summed E-state index contributed by atoms with van der Waals surface area (Å²) in [5.74, 6) is -0.237. The average Bonchev–Trinajstić information content (AvgIpc) is 2.79. The summed E-state index contributed by atoms with van der Waals surface area (Å²) in [6.45, 7) is 4.13. The third kappa shape index (κ3) is 5.95. The SMILES string of the molecule is CC(=O)N1CCCCCC1=O.CC(=O)N1CCCCCC1=O. The Morgan fingerprint density at radius 3 is 1.36 bits per heavy atom. The van der Waals surface area contributed by atoms with Gasteiger partial charge >= 0.3 is 0 Å². The third-order valence-electron chi connectivity index (χ3n) is 3.91. The molecule has 0 spiro atoms. The molecular formula is C16H26N2O4. The van der Waals surface area contributed by atoms with Crippen LogP contribution in [-0.2, 0) is 19.2 Å². The molecule has 2 fully saturated rings. The van der Waals surface area contributed by atoms with Crippen LogP contribution in [0.1, 0.15) is 65.2 Å². The van der Waals surface area contributed by atoms with Gasteiger partial charge in [-0.1, -0.05) is 12.8 Å². The number of likely N-dealkylation sites (tertiary alicyclic amines) is 2. The summed E-state index contributed by atoms with van der Waals surface area (Å²) in [4.78, 5) is 46.8. The van der Waals surface area contributed by atoms with Gasteiger partial charge in [-0.2, -0.15) is 0 Å². The van der Waals surface area contributed by atoms with Gasteiger partial charge in [-0.15, -0.1) is 0 Å². The summed E-state index contributed by atoms with van der Waals surface area (Å²) in [5.41, 5.74) is 0. The van der Waals surface area contributed by atoms with Crippen molar-refractivity contribution in [3.8, 4) is 0 Å². The summed E-state index contributed by atoms with van der Waals surface area (Å²) < 4.78 is 0. The van der Waals surface area contributed by atoms with E-state index in [9.17, 15) is 19.2 Å². The van der Waals surface area contributed by atoms with Gasteiger partial charge in [0, 0.05) is 39.8 Å². The van der Waals surface area contributed by atoms with E-state index in [0.717, 1.165) is 38.5 Å². The van der Waals surface area contributed by atoms with E-state index in [-0.39, 0.29) is 23.6 Å². The number of nitrogens with zero attached hydrogens (tertiary/aromatic N) is 2. The Labute approximate surface area is 131 Å². The molecule has 6 nitrogen and oxygen atoms in total. The maximum absolute atomic E-state index is 11.2. The summed E-state index contributed by atoms with van der Waals surface area (Å²) in [5, 5.41) is 0. The predicted octanol–water partition coefficient (Wildman–Crippen LogP) is 1.87. The van der Waals surface area contributed by atoms with Crippen molar-refractivity contribution >= 4 is 23.6 Å². The van der Waals surface area contributed by atoms with Crippen LogP contribution in [0.2, 0.25) is 0 Å². The first kappa shape index (κ1) is 18.3. The molecule has 0 unspecified atom stereocenters. The topological polar surface area (TPSA) is 74.8 Å². The fourth-order valence-corrected chi connectivity index (χ4v) is 2.63. The molecule has 0 aromatic heterocycles.